The molecule has 0 aromatic carbocycles. The molecule has 4 rings (SSSR count). The Kier molecular flexibility index (Phi) is 8.83. The third-order valence-electron chi connectivity index (χ3n) is 7.54. The second-order valence-electron chi connectivity index (χ2n) is 10.1. The molecule has 2 aliphatic rings. The summed E-state index contributed by atoms with van der Waals surface area (Å²) in [7, 11) is 0. The molecule has 9 nitrogen and oxygen atoms in total. The van der Waals surface area contributed by atoms with Crippen molar-refractivity contribution in [3.05, 3.63) is 29.6 Å². The Morgan fingerprint density at radius 1 is 1.11 bits per heavy atom. The lowest BCUT2D eigenvalue weighted by molar-refractivity contribution is -0.141. The van der Waals surface area contributed by atoms with E-state index >= 15 is 0 Å². The fraction of sp³-hybridized carbons (Fsp3) is 0.630. The smallest absolute Gasteiger partial charge is 0.325 e. The van der Waals surface area contributed by atoms with Gasteiger partial charge in [0.1, 0.15) is 18.0 Å². The van der Waals surface area contributed by atoms with E-state index in [0.717, 1.165) is 69.3 Å². The molecule has 196 valence electrons. The third kappa shape index (κ3) is 6.36. The van der Waals surface area contributed by atoms with Gasteiger partial charge in [0.25, 0.3) is 5.91 Å². The van der Waals surface area contributed by atoms with Crippen LogP contribution >= 0.6 is 0 Å². The summed E-state index contributed by atoms with van der Waals surface area (Å²) in [4.78, 5) is 41.6. The number of nitrogens with zero attached hydrogens (tertiary/aromatic N) is 2. The number of anilines is 1. The van der Waals surface area contributed by atoms with Gasteiger partial charge in [-0.05, 0) is 50.7 Å². The van der Waals surface area contributed by atoms with Crippen LogP contribution in [-0.4, -0.2) is 51.5 Å². The molecular formula is C27H38N4O5. The maximum absolute atomic E-state index is 13.2. The molecule has 2 fully saturated rings. The van der Waals surface area contributed by atoms with Crippen molar-refractivity contribution < 1.29 is 24.2 Å². The van der Waals surface area contributed by atoms with E-state index in [9.17, 15) is 19.5 Å². The van der Waals surface area contributed by atoms with Gasteiger partial charge >= 0.3 is 11.9 Å². The number of hydrogen-bond acceptors (Lipinski definition) is 6. The first-order chi connectivity index (χ1) is 17.5. The highest BCUT2D eigenvalue weighted by atomic mass is 16.5. The van der Waals surface area contributed by atoms with Crippen molar-refractivity contribution in [3.8, 4) is 0 Å². The standard InChI is InChI=1S/C27H38N4O5/c1-2-36-24(34)17-28-26-25(19-11-7-4-8-12-19)30-22-15-20(13-14-31(22)26)27(35)29-21(16-23(32)33)18-9-5-3-6-10-18/h13-15,18-19,21,28H,2-12,16-17H2,1H3,(H,29,35)(H,32,33). The van der Waals surface area contributed by atoms with E-state index in [2.05, 4.69) is 10.6 Å². The van der Waals surface area contributed by atoms with Crippen molar-refractivity contribution in [2.75, 3.05) is 18.5 Å². The number of esters is 1. The molecule has 2 aromatic rings. The normalized spacial score (nSPS) is 18.0. The van der Waals surface area contributed by atoms with Crippen molar-refractivity contribution in [1.29, 1.82) is 0 Å². The number of amides is 1. The van der Waals surface area contributed by atoms with Crippen LogP contribution in [0.4, 0.5) is 5.82 Å². The Morgan fingerprint density at radius 3 is 2.47 bits per heavy atom. The van der Waals surface area contributed by atoms with Gasteiger partial charge in [-0.3, -0.25) is 18.8 Å². The lowest BCUT2D eigenvalue weighted by Gasteiger charge is -2.30. The first-order valence-corrected chi connectivity index (χ1v) is 13.4. The van der Waals surface area contributed by atoms with Gasteiger partial charge in [-0.15, -0.1) is 0 Å². The molecule has 0 bridgehead atoms. The molecule has 1 unspecified atom stereocenters. The van der Waals surface area contributed by atoms with Gasteiger partial charge in [-0.1, -0.05) is 38.5 Å². The molecule has 0 radical (unpaired) electrons. The second kappa shape index (κ2) is 12.2. The van der Waals surface area contributed by atoms with Gasteiger partial charge in [-0.2, -0.15) is 0 Å². The first-order valence-electron chi connectivity index (χ1n) is 13.4. The summed E-state index contributed by atoms with van der Waals surface area (Å²) in [5.74, 6) is -0.257. The van der Waals surface area contributed by atoms with Gasteiger partial charge in [0.15, 0.2) is 0 Å². The Bertz CT molecular complexity index is 1070. The summed E-state index contributed by atoms with van der Waals surface area (Å²) >= 11 is 0. The predicted molar refractivity (Wildman–Crippen MR) is 136 cm³/mol. The molecule has 0 spiro atoms. The number of pyridine rings is 1. The van der Waals surface area contributed by atoms with E-state index in [0.29, 0.717) is 23.7 Å². The summed E-state index contributed by atoms with van der Waals surface area (Å²) in [6, 6.07) is 3.09. The Hall–Kier alpha value is -3.10. The molecule has 2 heterocycles. The van der Waals surface area contributed by atoms with E-state index in [1.54, 1.807) is 25.3 Å². The lowest BCUT2D eigenvalue weighted by atomic mass is 9.82. The molecule has 0 aliphatic heterocycles. The number of imidazole rings is 1. The van der Waals surface area contributed by atoms with Crippen molar-refractivity contribution in [3.63, 3.8) is 0 Å². The van der Waals surface area contributed by atoms with E-state index in [1.807, 2.05) is 4.40 Å². The van der Waals surface area contributed by atoms with Crippen LogP contribution in [0.2, 0.25) is 0 Å². The number of carboxylic acid groups (broad SMARTS) is 1. The molecule has 1 atom stereocenters. The summed E-state index contributed by atoms with van der Waals surface area (Å²) in [5.41, 5.74) is 2.00. The minimum absolute atomic E-state index is 0.0435. The maximum atomic E-state index is 13.2. The van der Waals surface area contributed by atoms with Crippen LogP contribution in [0.25, 0.3) is 5.65 Å². The number of ether oxygens (including phenoxy) is 1. The van der Waals surface area contributed by atoms with Gasteiger partial charge in [0.05, 0.1) is 18.7 Å². The van der Waals surface area contributed by atoms with Crippen molar-refractivity contribution in [2.45, 2.75) is 89.5 Å². The molecule has 36 heavy (non-hydrogen) atoms. The van der Waals surface area contributed by atoms with Crippen LogP contribution in [0.3, 0.4) is 0 Å². The minimum Gasteiger partial charge on any atom is -0.481 e. The van der Waals surface area contributed by atoms with Gasteiger partial charge in [-0.25, -0.2) is 4.98 Å². The highest BCUT2D eigenvalue weighted by Gasteiger charge is 2.28. The fourth-order valence-electron chi connectivity index (χ4n) is 5.72. The zero-order valence-electron chi connectivity index (χ0n) is 21.1. The predicted octanol–water partition coefficient (Wildman–Crippen LogP) is 4.51. The Morgan fingerprint density at radius 2 is 1.81 bits per heavy atom. The molecule has 0 saturated heterocycles. The number of carboxylic acids is 1. The summed E-state index contributed by atoms with van der Waals surface area (Å²) < 4.78 is 6.96. The average molecular weight is 499 g/mol. The monoisotopic (exact) mass is 498 g/mol. The summed E-state index contributed by atoms with van der Waals surface area (Å²) in [6.45, 7) is 2.15. The van der Waals surface area contributed by atoms with Crippen LogP contribution in [0.1, 0.15) is 99.5 Å². The number of nitrogens with one attached hydrogen (secondary N) is 2. The quantitative estimate of drug-likeness (QED) is 0.412. The molecule has 9 heteroatoms. The van der Waals surface area contributed by atoms with E-state index in [1.165, 1.54) is 6.42 Å². The van der Waals surface area contributed by atoms with E-state index < -0.39 is 5.97 Å². The zero-order chi connectivity index (χ0) is 25.5. The van der Waals surface area contributed by atoms with Crippen LogP contribution < -0.4 is 10.6 Å². The minimum atomic E-state index is -0.899. The van der Waals surface area contributed by atoms with Gasteiger partial charge in [0, 0.05) is 23.7 Å². The van der Waals surface area contributed by atoms with Crippen molar-refractivity contribution in [2.24, 2.45) is 5.92 Å². The van der Waals surface area contributed by atoms with Crippen LogP contribution in [0.15, 0.2) is 18.3 Å². The molecule has 2 aliphatic carbocycles. The SMILES string of the molecule is CCOC(=O)CNc1c(C2CCCCC2)nc2cc(C(=O)NC(CC(=O)O)C3CCCCC3)ccn12. The molecule has 3 N–H and O–H groups in total. The van der Waals surface area contributed by atoms with Crippen molar-refractivity contribution >= 4 is 29.3 Å². The zero-order valence-corrected chi connectivity index (χ0v) is 21.1. The summed E-state index contributed by atoms with van der Waals surface area (Å²) in [5, 5.41) is 15.6. The van der Waals surface area contributed by atoms with Crippen LogP contribution in [-0.2, 0) is 14.3 Å². The Balaban J connectivity index is 1.58. The number of aliphatic carboxylic acids is 1. The molecule has 1 amide bonds. The number of aromatic nitrogens is 2. The van der Waals surface area contributed by atoms with Crippen LogP contribution in [0.5, 0.6) is 0 Å². The number of rotatable bonds is 10. The number of hydrogen-bond donors (Lipinski definition) is 3. The maximum Gasteiger partial charge on any atom is 0.325 e. The number of fused-ring (bicyclic) bond motifs is 1. The van der Waals surface area contributed by atoms with E-state index in [4.69, 9.17) is 9.72 Å². The second-order valence-corrected chi connectivity index (χ2v) is 10.1. The topological polar surface area (TPSA) is 122 Å². The van der Waals surface area contributed by atoms with E-state index in [-0.39, 0.29) is 36.8 Å². The molecule has 2 saturated carbocycles. The Labute approximate surface area is 212 Å². The highest BCUT2D eigenvalue weighted by molar-refractivity contribution is 5.95. The molecular weight excluding hydrogens is 460 g/mol. The first kappa shape index (κ1) is 26.0. The van der Waals surface area contributed by atoms with Crippen molar-refractivity contribution in [1.82, 2.24) is 14.7 Å². The van der Waals surface area contributed by atoms with Crippen LogP contribution in [0, 0.1) is 5.92 Å². The largest absolute Gasteiger partial charge is 0.481 e. The number of carbonyl (C=O) groups excluding carboxylic acids is 2. The number of carbonyl (C=O) groups is 3. The van der Waals surface area contributed by atoms with Gasteiger partial charge in [0.2, 0.25) is 0 Å². The lowest BCUT2D eigenvalue weighted by Crippen LogP contribution is -2.42. The fourth-order valence-corrected chi connectivity index (χ4v) is 5.72. The molecule has 2 aromatic heterocycles. The van der Waals surface area contributed by atoms with Gasteiger partial charge < -0.3 is 20.5 Å². The average Bonchev–Trinajstić information content (AvgIpc) is 3.26. The third-order valence-corrected chi connectivity index (χ3v) is 7.54. The summed E-state index contributed by atoms with van der Waals surface area (Å²) in [6.07, 6.45) is 12.5. The highest BCUT2D eigenvalue weighted by Crippen LogP contribution is 2.36.